The van der Waals surface area contributed by atoms with Crippen LogP contribution in [0.15, 0.2) is 42.6 Å². The summed E-state index contributed by atoms with van der Waals surface area (Å²) in [5, 5.41) is 19.7. The molecular weight excluding hydrogens is 322 g/mol. The van der Waals surface area contributed by atoms with E-state index < -0.39 is 18.0 Å². The number of aliphatic hydroxyl groups excluding tert-OH is 1. The van der Waals surface area contributed by atoms with Crippen LogP contribution in [0.3, 0.4) is 0 Å². The molecule has 1 aromatic carbocycles. The van der Waals surface area contributed by atoms with Gasteiger partial charge in [0.2, 0.25) is 5.88 Å². The van der Waals surface area contributed by atoms with Gasteiger partial charge in [0.05, 0.1) is 26.4 Å². The number of rotatable bonds is 9. The van der Waals surface area contributed by atoms with Gasteiger partial charge in [-0.3, -0.25) is 4.79 Å². The number of aliphatic hydroxyl groups is 1. The summed E-state index contributed by atoms with van der Waals surface area (Å²) in [4.78, 5) is 15.8. The molecule has 2 rings (SSSR count). The molecule has 2 unspecified atom stereocenters. The summed E-state index contributed by atoms with van der Waals surface area (Å²) in [5.74, 6) is -1.84. The van der Waals surface area contributed by atoms with Crippen molar-refractivity contribution in [2.75, 3.05) is 7.11 Å². The van der Waals surface area contributed by atoms with Gasteiger partial charge in [0.15, 0.2) is 0 Å². The Hall–Kier alpha value is -2.44. The number of nitrogens with zero attached hydrogens (tertiary/aromatic N) is 1. The highest BCUT2D eigenvalue weighted by atomic mass is 16.5. The molecule has 0 aliphatic heterocycles. The Morgan fingerprint density at radius 1 is 1.20 bits per heavy atom. The predicted molar refractivity (Wildman–Crippen MR) is 92.4 cm³/mol. The van der Waals surface area contributed by atoms with Gasteiger partial charge in [0, 0.05) is 11.8 Å². The van der Waals surface area contributed by atoms with Crippen molar-refractivity contribution in [3.05, 3.63) is 59.3 Å². The molecule has 1 aromatic heterocycles. The SMILES string of the molecule is CCC(O)C(C(=O)O)c1ccnc(OC)c1COCc1ccccc1. The highest BCUT2D eigenvalue weighted by Gasteiger charge is 2.30. The summed E-state index contributed by atoms with van der Waals surface area (Å²) in [7, 11) is 1.47. The average molecular weight is 345 g/mol. The molecule has 2 N–H and O–H groups in total. The number of carboxylic acid groups (broad SMARTS) is 1. The van der Waals surface area contributed by atoms with Crippen LogP contribution in [0, 0.1) is 0 Å². The summed E-state index contributed by atoms with van der Waals surface area (Å²) in [6.07, 6.45) is 0.802. The lowest BCUT2D eigenvalue weighted by Gasteiger charge is -2.22. The number of aromatic nitrogens is 1. The molecule has 0 fully saturated rings. The highest BCUT2D eigenvalue weighted by molar-refractivity contribution is 5.77. The van der Waals surface area contributed by atoms with E-state index in [0.717, 1.165) is 5.56 Å². The van der Waals surface area contributed by atoms with Crippen LogP contribution in [-0.4, -0.2) is 34.4 Å². The zero-order chi connectivity index (χ0) is 18.2. The third kappa shape index (κ3) is 4.78. The van der Waals surface area contributed by atoms with Crippen LogP contribution in [-0.2, 0) is 22.7 Å². The number of carboxylic acids is 1. The van der Waals surface area contributed by atoms with E-state index >= 15 is 0 Å². The lowest BCUT2D eigenvalue weighted by Crippen LogP contribution is -2.27. The molecule has 0 radical (unpaired) electrons. The van der Waals surface area contributed by atoms with E-state index in [1.54, 1.807) is 13.0 Å². The minimum Gasteiger partial charge on any atom is -0.481 e. The minimum absolute atomic E-state index is 0.140. The van der Waals surface area contributed by atoms with E-state index in [1.165, 1.54) is 13.3 Å². The Morgan fingerprint density at radius 2 is 1.92 bits per heavy atom. The van der Waals surface area contributed by atoms with Crippen LogP contribution >= 0.6 is 0 Å². The van der Waals surface area contributed by atoms with Gasteiger partial charge in [-0.2, -0.15) is 0 Å². The molecule has 0 aliphatic rings. The molecule has 6 heteroatoms. The lowest BCUT2D eigenvalue weighted by molar-refractivity contribution is -0.141. The second kappa shape index (κ2) is 9.15. The van der Waals surface area contributed by atoms with Crippen molar-refractivity contribution in [1.29, 1.82) is 0 Å². The monoisotopic (exact) mass is 345 g/mol. The van der Waals surface area contributed by atoms with Gasteiger partial charge < -0.3 is 19.7 Å². The topological polar surface area (TPSA) is 88.9 Å². The largest absolute Gasteiger partial charge is 0.481 e. The van der Waals surface area contributed by atoms with E-state index in [-0.39, 0.29) is 6.61 Å². The van der Waals surface area contributed by atoms with Crippen molar-refractivity contribution >= 4 is 5.97 Å². The number of hydrogen-bond donors (Lipinski definition) is 2. The number of carbonyl (C=O) groups is 1. The molecule has 0 amide bonds. The van der Waals surface area contributed by atoms with Crippen LogP contribution in [0.5, 0.6) is 5.88 Å². The third-order valence-electron chi connectivity index (χ3n) is 4.01. The van der Waals surface area contributed by atoms with Gasteiger partial charge in [-0.25, -0.2) is 4.98 Å². The Morgan fingerprint density at radius 3 is 2.52 bits per heavy atom. The first-order valence-electron chi connectivity index (χ1n) is 8.12. The zero-order valence-corrected chi connectivity index (χ0v) is 14.4. The van der Waals surface area contributed by atoms with Crippen molar-refractivity contribution in [3.8, 4) is 5.88 Å². The molecule has 0 bridgehead atoms. The van der Waals surface area contributed by atoms with E-state index in [0.29, 0.717) is 30.0 Å². The fourth-order valence-electron chi connectivity index (χ4n) is 2.69. The molecule has 25 heavy (non-hydrogen) atoms. The molecular formula is C19H23NO5. The molecule has 2 atom stereocenters. The molecule has 6 nitrogen and oxygen atoms in total. The number of ether oxygens (including phenoxy) is 2. The predicted octanol–water partition coefficient (Wildman–Crippen LogP) is 2.75. The van der Waals surface area contributed by atoms with Crippen LogP contribution in [0.2, 0.25) is 0 Å². The second-order valence-electron chi connectivity index (χ2n) is 5.66. The summed E-state index contributed by atoms with van der Waals surface area (Å²) in [5.41, 5.74) is 2.01. The van der Waals surface area contributed by atoms with E-state index in [9.17, 15) is 15.0 Å². The van der Waals surface area contributed by atoms with Crippen molar-refractivity contribution in [3.63, 3.8) is 0 Å². The Labute approximate surface area is 147 Å². The van der Waals surface area contributed by atoms with Gasteiger partial charge in [-0.1, -0.05) is 37.3 Å². The number of hydrogen-bond acceptors (Lipinski definition) is 5. The van der Waals surface area contributed by atoms with E-state index in [1.807, 2.05) is 30.3 Å². The number of benzene rings is 1. The van der Waals surface area contributed by atoms with Gasteiger partial charge in [0.25, 0.3) is 0 Å². The molecule has 0 spiro atoms. The maximum Gasteiger partial charge on any atom is 0.313 e. The Kier molecular flexibility index (Phi) is 6.91. The van der Waals surface area contributed by atoms with Crippen LogP contribution in [0.1, 0.15) is 36.0 Å². The zero-order valence-electron chi connectivity index (χ0n) is 14.4. The number of aliphatic carboxylic acids is 1. The minimum atomic E-state index is -1.09. The first-order valence-corrected chi connectivity index (χ1v) is 8.12. The first kappa shape index (κ1) is 18.9. The molecule has 1 heterocycles. The summed E-state index contributed by atoms with van der Waals surface area (Å²) >= 11 is 0. The van der Waals surface area contributed by atoms with Crippen LogP contribution < -0.4 is 4.74 Å². The van der Waals surface area contributed by atoms with Gasteiger partial charge in [-0.05, 0) is 23.6 Å². The van der Waals surface area contributed by atoms with Crippen molar-refractivity contribution < 1.29 is 24.5 Å². The van der Waals surface area contributed by atoms with Crippen LogP contribution in [0.25, 0.3) is 0 Å². The average Bonchev–Trinajstić information content (AvgIpc) is 2.63. The third-order valence-corrected chi connectivity index (χ3v) is 4.01. The number of methoxy groups -OCH3 is 1. The molecule has 2 aromatic rings. The van der Waals surface area contributed by atoms with Gasteiger partial charge in [0.1, 0.15) is 5.92 Å². The maximum atomic E-state index is 11.7. The second-order valence-corrected chi connectivity index (χ2v) is 5.66. The lowest BCUT2D eigenvalue weighted by atomic mass is 9.89. The molecule has 0 aliphatic carbocycles. The van der Waals surface area contributed by atoms with E-state index in [4.69, 9.17) is 9.47 Å². The fourth-order valence-corrected chi connectivity index (χ4v) is 2.69. The quantitative estimate of drug-likeness (QED) is 0.726. The molecule has 0 saturated carbocycles. The maximum absolute atomic E-state index is 11.7. The van der Waals surface area contributed by atoms with Crippen molar-refractivity contribution in [2.24, 2.45) is 0 Å². The van der Waals surface area contributed by atoms with E-state index in [2.05, 4.69) is 4.98 Å². The molecule has 134 valence electrons. The summed E-state index contributed by atoms with van der Waals surface area (Å²) in [6, 6.07) is 11.3. The standard InChI is InChI=1S/C19H23NO5/c1-3-16(21)17(19(22)23)14-9-10-20-18(24-2)15(14)12-25-11-13-7-5-4-6-8-13/h4-10,16-17,21H,3,11-12H2,1-2H3,(H,22,23). The number of pyridine rings is 1. The van der Waals surface area contributed by atoms with Crippen molar-refractivity contribution in [2.45, 2.75) is 38.6 Å². The normalized spacial score (nSPS) is 13.2. The van der Waals surface area contributed by atoms with Crippen LogP contribution in [0.4, 0.5) is 0 Å². The van der Waals surface area contributed by atoms with Crippen molar-refractivity contribution in [1.82, 2.24) is 4.98 Å². The first-order chi connectivity index (χ1) is 12.1. The van der Waals surface area contributed by atoms with Gasteiger partial charge >= 0.3 is 5.97 Å². The smallest absolute Gasteiger partial charge is 0.313 e. The summed E-state index contributed by atoms with van der Waals surface area (Å²) in [6.45, 7) is 2.26. The fraction of sp³-hybridized carbons (Fsp3) is 0.368. The highest BCUT2D eigenvalue weighted by Crippen LogP contribution is 2.30. The Balaban J connectivity index is 2.26. The molecule has 0 saturated heterocycles. The summed E-state index contributed by atoms with van der Waals surface area (Å²) < 4.78 is 11.0. The Bertz CT molecular complexity index is 689. The van der Waals surface area contributed by atoms with Gasteiger partial charge in [-0.15, -0.1) is 0 Å².